The summed E-state index contributed by atoms with van der Waals surface area (Å²) in [6, 6.07) is 15.3. The summed E-state index contributed by atoms with van der Waals surface area (Å²) in [6.07, 6.45) is 1.76. The monoisotopic (exact) mass is 444 g/mol. The van der Waals surface area contributed by atoms with Gasteiger partial charge < -0.3 is 9.64 Å². The molecule has 0 fully saturated rings. The third-order valence-corrected chi connectivity index (χ3v) is 6.81. The maximum Gasteiger partial charge on any atom is 0.331 e. The van der Waals surface area contributed by atoms with E-state index in [0.717, 1.165) is 0 Å². The molecular weight excluding hydrogens is 416 g/mol. The van der Waals surface area contributed by atoms with Crippen LogP contribution >= 0.6 is 0 Å². The van der Waals surface area contributed by atoms with Crippen LogP contribution in [0.5, 0.6) is 0 Å². The predicted molar refractivity (Wildman–Crippen MR) is 121 cm³/mol. The first kappa shape index (κ1) is 24.3. The minimum absolute atomic E-state index is 0.194. The lowest BCUT2D eigenvalue weighted by molar-refractivity contribution is -0.148. The SMILES string of the molecule is CCN(CC)S(=O)(=O)c1ccc(/C=C/C(=O)O[C@@H](C)C(=O)N(C)c2ccccc2)cc1. The molecule has 1 amide bonds. The van der Waals surface area contributed by atoms with Gasteiger partial charge in [-0.1, -0.05) is 44.2 Å². The van der Waals surface area contributed by atoms with Crippen molar-refractivity contribution >= 4 is 33.7 Å². The fourth-order valence-electron chi connectivity index (χ4n) is 2.94. The van der Waals surface area contributed by atoms with Gasteiger partial charge in [0.1, 0.15) is 0 Å². The topological polar surface area (TPSA) is 84.0 Å². The lowest BCUT2D eigenvalue weighted by atomic mass is 10.2. The maximum absolute atomic E-state index is 12.5. The number of amides is 1. The van der Waals surface area contributed by atoms with Crippen LogP contribution in [0.15, 0.2) is 65.6 Å². The zero-order valence-corrected chi connectivity index (χ0v) is 19.0. The van der Waals surface area contributed by atoms with Crippen molar-refractivity contribution in [2.24, 2.45) is 0 Å². The summed E-state index contributed by atoms with van der Waals surface area (Å²) in [6.45, 7) is 5.87. The third-order valence-electron chi connectivity index (χ3n) is 4.75. The molecule has 2 rings (SSSR count). The van der Waals surface area contributed by atoms with Crippen molar-refractivity contribution in [2.75, 3.05) is 25.0 Å². The second-order valence-electron chi connectivity index (χ2n) is 6.80. The van der Waals surface area contributed by atoms with Crippen LogP contribution in [0.3, 0.4) is 0 Å². The van der Waals surface area contributed by atoms with Gasteiger partial charge in [0.25, 0.3) is 5.91 Å². The van der Waals surface area contributed by atoms with Crippen molar-refractivity contribution in [1.29, 1.82) is 0 Å². The number of hydrogen-bond acceptors (Lipinski definition) is 5. The number of carbonyl (C=O) groups excluding carboxylic acids is 2. The smallest absolute Gasteiger partial charge is 0.331 e. The lowest BCUT2D eigenvalue weighted by Crippen LogP contribution is -2.37. The summed E-state index contributed by atoms with van der Waals surface area (Å²) in [5.41, 5.74) is 1.33. The molecule has 2 aromatic carbocycles. The van der Waals surface area contributed by atoms with Crippen LogP contribution in [-0.2, 0) is 24.3 Å². The number of rotatable bonds is 9. The lowest BCUT2D eigenvalue weighted by Gasteiger charge is -2.21. The predicted octanol–water partition coefficient (Wildman–Crippen LogP) is 3.33. The number of benzene rings is 2. The molecular formula is C23H28N2O5S. The van der Waals surface area contributed by atoms with Crippen molar-refractivity contribution in [3.63, 3.8) is 0 Å². The number of nitrogens with zero attached hydrogens (tertiary/aromatic N) is 2. The number of para-hydroxylation sites is 1. The molecule has 0 saturated carbocycles. The van der Waals surface area contributed by atoms with Crippen LogP contribution in [0.2, 0.25) is 0 Å². The number of sulfonamides is 1. The highest BCUT2D eigenvalue weighted by atomic mass is 32.2. The van der Waals surface area contributed by atoms with Gasteiger partial charge in [-0.15, -0.1) is 0 Å². The highest BCUT2D eigenvalue weighted by molar-refractivity contribution is 7.89. The summed E-state index contributed by atoms with van der Waals surface area (Å²) in [5.74, 6) is -1.01. The summed E-state index contributed by atoms with van der Waals surface area (Å²) in [5, 5.41) is 0. The molecule has 166 valence electrons. The Kier molecular flexibility index (Phi) is 8.53. The molecule has 2 aromatic rings. The number of hydrogen-bond donors (Lipinski definition) is 0. The molecule has 0 unspecified atom stereocenters. The number of ether oxygens (including phenoxy) is 1. The zero-order chi connectivity index (χ0) is 23.0. The molecule has 8 heteroatoms. The van der Waals surface area contributed by atoms with E-state index in [9.17, 15) is 18.0 Å². The molecule has 0 bridgehead atoms. The van der Waals surface area contributed by atoms with E-state index < -0.39 is 22.1 Å². The maximum atomic E-state index is 12.5. The zero-order valence-electron chi connectivity index (χ0n) is 18.2. The normalized spacial score (nSPS) is 12.7. The Hall–Kier alpha value is -2.97. The molecule has 0 aliphatic heterocycles. The van der Waals surface area contributed by atoms with Gasteiger partial charge in [-0.25, -0.2) is 13.2 Å². The van der Waals surface area contributed by atoms with Crippen LogP contribution in [0.1, 0.15) is 26.3 Å². The van der Waals surface area contributed by atoms with E-state index in [2.05, 4.69) is 0 Å². The number of carbonyl (C=O) groups is 2. The Bertz CT molecular complexity index is 1010. The average molecular weight is 445 g/mol. The average Bonchev–Trinajstić information content (AvgIpc) is 2.78. The highest BCUT2D eigenvalue weighted by Crippen LogP contribution is 2.17. The highest BCUT2D eigenvalue weighted by Gasteiger charge is 2.22. The van der Waals surface area contributed by atoms with Crippen molar-refractivity contribution in [3.05, 3.63) is 66.2 Å². The van der Waals surface area contributed by atoms with E-state index in [1.165, 1.54) is 40.4 Å². The van der Waals surface area contributed by atoms with Gasteiger partial charge >= 0.3 is 5.97 Å². The van der Waals surface area contributed by atoms with Gasteiger partial charge in [0.2, 0.25) is 10.0 Å². The second-order valence-corrected chi connectivity index (χ2v) is 8.74. The van der Waals surface area contributed by atoms with Gasteiger partial charge in [-0.2, -0.15) is 4.31 Å². The van der Waals surface area contributed by atoms with Crippen LogP contribution in [0.25, 0.3) is 6.08 Å². The van der Waals surface area contributed by atoms with Crippen LogP contribution < -0.4 is 4.90 Å². The molecule has 0 N–H and O–H groups in total. The quantitative estimate of drug-likeness (QED) is 0.438. The van der Waals surface area contributed by atoms with E-state index in [1.54, 1.807) is 45.2 Å². The van der Waals surface area contributed by atoms with Gasteiger partial charge in [0.15, 0.2) is 6.10 Å². The van der Waals surface area contributed by atoms with E-state index in [4.69, 9.17) is 4.74 Å². The molecule has 31 heavy (non-hydrogen) atoms. The second kappa shape index (κ2) is 10.9. The first-order chi connectivity index (χ1) is 14.7. The van der Waals surface area contributed by atoms with Crippen LogP contribution in [-0.4, -0.2) is 50.8 Å². The van der Waals surface area contributed by atoms with Crippen molar-refractivity contribution in [2.45, 2.75) is 31.8 Å². The number of esters is 1. The molecule has 0 spiro atoms. The standard InChI is InChI=1S/C23H28N2O5S/c1-5-25(6-2)31(28,29)21-15-12-19(13-16-21)14-17-22(26)30-18(3)23(27)24(4)20-10-8-7-9-11-20/h7-18H,5-6H2,1-4H3/b17-14+/t18-/m0/s1. The third kappa shape index (κ3) is 6.26. The minimum atomic E-state index is -3.53. The van der Waals surface area contributed by atoms with Gasteiger partial charge in [-0.3, -0.25) is 4.79 Å². The Morgan fingerprint density at radius 1 is 1.00 bits per heavy atom. The fourth-order valence-corrected chi connectivity index (χ4v) is 4.40. The summed E-state index contributed by atoms with van der Waals surface area (Å²) >= 11 is 0. The van der Waals surface area contributed by atoms with Crippen molar-refractivity contribution in [1.82, 2.24) is 4.31 Å². The van der Waals surface area contributed by atoms with E-state index >= 15 is 0 Å². The van der Waals surface area contributed by atoms with E-state index in [1.807, 2.05) is 18.2 Å². The molecule has 0 heterocycles. The molecule has 7 nitrogen and oxygen atoms in total. The molecule has 0 aliphatic carbocycles. The van der Waals surface area contributed by atoms with Gasteiger partial charge in [0, 0.05) is 31.9 Å². The Balaban J connectivity index is 1.99. The number of anilines is 1. The molecule has 0 aromatic heterocycles. The van der Waals surface area contributed by atoms with Crippen LogP contribution in [0.4, 0.5) is 5.69 Å². The Labute approximate surface area is 184 Å². The van der Waals surface area contributed by atoms with Gasteiger partial charge in [0.05, 0.1) is 4.90 Å². The number of likely N-dealkylation sites (N-methyl/N-ethyl adjacent to an activating group) is 1. The molecule has 0 saturated heterocycles. The Morgan fingerprint density at radius 2 is 1.58 bits per heavy atom. The summed E-state index contributed by atoms with van der Waals surface area (Å²) in [7, 11) is -1.91. The van der Waals surface area contributed by atoms with Crippen molar-refractivity contribution in [3.8, 4) is 0 Å². The summed E-state index contributed by atoms with van der Waals surface area (Å²) in [4.78, 5) is 26.2. The fraction of sp³-hybridized carbons (Fsp3) is 0.304. The summed E-state index contributed by atoms with van der Waals surface area (Å²) < 4.78 is 31.6. The minimum Gasteiger partial charge on any atom is -0.449 e. The van der Waals surface area contributed by atoms with Crippen molar-refractivity contribution < 1.29 is 22.7 Å². The molecule has 0 radical (unpaired) electrons. The molecule has 1 atom stereocenters. The molecule has 0 aliphatic rings. The van der Waals surface area contributed by atoms with Gasteiger partial charge in [-0.05, 0) is 42.8 Å². The Morgan fingerprint density at radius 3 is 2.13 bits per heavy atom. The van der Waals surface area contributed by atoms with E-state index in [-0.39, 0.29) is 10.8 Å². The van der Waals surface area contributed by atoms with E-state index in [0.29, 0.717) is 24.3 Å². The largest absolute Gasteiger partial charge is 0.449 e. The first-order valence-electron chi connectivity index (χ1n) is 10.0. The first-order valence-corrected chi connectivity index (χ1v) is 11.5. The van der Waals surface area contributed by atoms with Crippen LogP contribution in [0, 0.1) is 0 Å².